The maximum absolute atomic E-state index is 15.4. The van der Waals surface area contributed by atoms with Crippen LogP contribution in [0.15, 0.2) is 377 Å². The number of hydrogen-bond donors (Lipinski definition) is 0. The second kappa shape index (κ2) is 26.8. The minimum Gasteiger partial charge on any atom is -0.457 e. The molecule has 0 amide bonds. The smallest absolute Gasteiger partial charge is 0.127 e. The fourth-order valence-electron chi connectivity index (χ4n) is 17.2. The van der Waals surface area contributed by atoms with E-state index in [2.05, 4.69) is 266 Å². The lowest BCUT2D eigenvalue weighted by molar-refractivity contribution is 0.482. The van der Waals surface area contributed by atoms with E-state index >= 15 is 8.78 Å². The molecule has 20 rings (SSSR count). The number of anilines is 6. The summed E-state index contributed by atoms with van der Waals surface area (Å²) in [6, 6.07) is 127. The number of rotatable bonds is 17. The number of benzene rings is 16. The minimum atomic E-state index is -0.865. The van der Waals surface area contributed by atoms with Crippen LogP contribution in [0.5, 0.6) is 23.0 Å². The second-order valence-electron chi connectivity index (χ2n) is 28.1. The summed E-state index contributed by atoms with van der Waals surface area (Å²) in [5, 5.41) is 4.81. The fraction of sp³-hybridized carbons (Fsp3) is 0.0196. The summed E-state index contributed by atoms with van der Waals surface area (Å²) in [6.07, 6.45) is 3.64. The van der Waals surface area contributed by atoms with E-state index in [1.807, 2.05) is 132 Å². The lowest BCUT2D eigenvalue weighted by atomic mass is 9.67. The topological polar surface area (TPSA) is 24.9 Å². The van der Waals surface area contributed by atoms with Crippen LogP contribution in [-0.2, 0) is 10.8 Å². The van der Waals surface area contributed by atoms with Crippen molar-refractivity contribution in [1.82, 2.24) is 0 Å². The highest BCUT2D eigenvalue weighted by molar-refractivity contribution is 7.26. The van der Waals surface area contributed by atoms with Crippen molar-refractivity contribution in [1.29, 1.82) is 0 Å². The fourth-order valence-corrected chi connectivity index (χ4v) is 19.6. The van der Waals surface area contributed by atoms with Crippen molar-refractivity contribution >= 4 is 109 Å². The molecular weight excluding hydrogens is 1390 g/mol. The Morgan fingerprint density at radius 3 is 0.982 bits per heavy atom. The highest BCUT2D eigenvalue weighted by Gasteiger charge is 2.48. The lowest BCUT2D eigenvalue weighted by Gasteiger charge is -2.35. The molecule has 4 nitrogen and oxygen atoms in total. The highest BCUT2D eigenvalue weighted by Crippen LogP contribution is 2.61. The standard InChI is InChI=1S/C102H66F2N2O2S2/c1-3-65-27-53-79(54-28-65)107-81-57-39-71(40-58-81)101(69-35-43-73(103)44-36-69)91-21-9-5-15-83(91)85-61-51-77(63-93(85)101)105(95-23-13-19-89-87-17-7-11-25-97(87)109-99(89)95)75-47-31-67(32-48-75)68-33-49-76(50-34-68)106(96-24-14-20-90-88-18-8-12-26-98(88)110-100(90)96)78-52-62-86-84-16-6-10-22-92(84)102(94(86)64-78,70-37-45-74(104)46-38-70)72-41-59-82(60-42-72)108-80-55-29-66(4-2)30-56-80/h3-64H,1-2H2. The molecule has 8 heteroatoms. The SMILES string of the molecule is C=Cc1ccc(Oc2ccc(C3(c4ccc(F)cc4)c4ccccc4-c4ccc(N(c5ccc(-c6ccc(N(c7ccc8c(c7)C(c7ccc(F)cc7)(c7ccc(Oc9ccc(C=C)cc9)cc7)c7ccccc7-8)c7cccc8c7sc7ccccc78)cc6)cc5)c5cccc6c5sc5ccccc56)cc43)cc2)cc1. The van der Waals surface area contributed by atoms with Gasteiger partial charge in [-0.2, -0.15) is 0 Å². The third-order valence-electron chi connectivity index (χ3n) is 22.2. The van der Waals surface area contributed by atoms with Crippen LogP contribution in [0.4, 0.5) is 42.9 Å². The monoisotopic (exact) mass is 1450 g/mol. The quantitative estimate of drug-likeness (QED) is 0.0907. The van der Waals surface area contributed by atoms with Crippen LogP contribution in [0.1, 0.15) is 55.6 Å². The molecular formula is C102H66F2N2O2S2. The van der Waals surface area contributed by atoms with Gasteiger partial charge in [0.1, 0.15) is 34.6 Å². The van der Waals surface area contributed by atoms with E-state index in [1.54, 1.807) is 24.3 Å². The van der Waals surface area contributed by atoms with Crippen molar-refractivity contribution in [3.63, 3.8) is 0 Å². The van der Waals surface area contributed by atoms with E-state index in [0.717, 1.165) is 135 Å². The summed E-state index contributed by atoms with van der Waals surface area (Å²) in [6.45, 7) is 7.86. The van der Waals surface area contributed by atoms with Crippen molar-refractivity contribution in [2.45, 2.75) is 10.8 Å². The Bertz CT molecular complexity index is 6230. The van der Waals surface area contributed by atoms with Gasteiger partial charge in [0.2, 0.25) is 0 Å². The molecule has 0 spiro atoms. The summed E-state index contributed by atoms with van der Waals surface area (Å²) in [5.41, 5.74) is 21.2. The van der Waals surface area contributed by atoms with Gasteiger partial charge in [-0.15, -0.1) is 22.7 Å². The average molecular weight is 1450 g/mol. The average Bonchev–Trinajstić information content (AvgIpc) is 1.53. The summed E-state index contributed by atoms with van der Waals surface area (Å²) < 4.78 is 48.4. The summed E-state index contributed by atoms with van der Waals surface area (Å²) in [5.74, 6) is 2.25. The van der Waals surface area contributed by atoms with Crippen molar-refractivity contribution < 1.29 is 18.3 Å². The molecule has 2 unspecified atom stereocenters. The summed E-state index contributed by atoms with van der Waals surface area (Å²) in [4.78, 5) is 4.83. The maximum atomic E-state index is 15.4. The Labute approximate surface area is 644 Å². The number of fused-ring (bicyclic) bond motifs is 12. The maximum Gasteiger partial charge on any atom is 0.127 e. The zero-order valence-electron chi connectivity index (χ0n) is 59.5. The van der Waals surface area contributed by atoms with E-state index in [4.69, 9.17) is 9.47 Å². The molecule has 18 aromatic rings. The van der Waals surface area contributed by atoms with Gasteiger partial charge in [0.15, 0.2) is 0 Å². The molecule has 110 heavy (non-hydrogen) atoms. The van der Waals surface area contributed by atoms with Gasteiger partial charge in [0, 0.05) is 53.7 Å². The van der Waals surface area contributed by atoms with Crippen LogP contribution >= 0.6 is 22.7 Å². The van der Waals surface area contributed by atoms with Crippen molar-refractivity contribution in [2.75, 3.05) is 9.80 Å². The molecule has 16 aromatic carbocycles. The first-order chi connectivity index (χ1) is 54.2. The van der Waals surface area contributed by atoms with E-state index in [1.165, 1.54) is 40.3 Å². The molecule has 0 radical (unpaired) electrons. The lowest BCUT2D eigenvalue weighted by Crippen LogP contribution is -2.29. The zero-order chi connectivity index (χ0) is 73.6. The van der Waals surface area contributed by atoms with Crippen LogP contribution in [0.2, 0.25) is 0 Å². The first kappa shape index (κ1) is 66.0. The predicted molar refractivity (Wildman–Crippen MR) is 455 cm³/mol. The third-order valence-corrected chi connectivity index (χ3v) is 24.7. The normalized spacial score (nSPS) is 14.6. The van der Waals surface area contributed by atoms with E-state index < -0.39 is 10.8 Å². The molecule has 522 valence electrons. The molecule has 2 aromatic heterocycles. The summed E-state index contributed by atoms with van der Waals surface area (Å²) in [7, 11) is 0. The number of halogens is 2. The van der Waals surface area contributed by atoms with Crippen LogP contribution in [0.25, 0.3) is 85.9 Å². The molecule has 2 atom stereocenters. The second-order valence-corrected chi connectivity index (χ2v) is 30.2. The Morgan fingerprint density at radius 2 is 0.600 bits per heavy atom. The Kier molecular flexibility index (Phi) is 16.1. The van der Waals surface area contributed by atoms with Crippen molar-refractivity contribution in [3.8, 4) is 56.4 Å². The van der Waals surface area contributed by atoms with E-state index in [-0.39, 0.29) is 11.6 Å². The van der Waals surface area contributed by atoms with Crippen molar-refractivity contribution in [3.05, 3.63) is 444 Å². The Balaban J connectivity index is 0.713. The molecule has 2 aliphatic rings. The highest BCUT2D eigenvalue weighted by atomic mass is 32.1. The largest absolute Gasteiger partial charge is 0.457 e. The first-order valence-corrected chi connectivity index (χ1v) is 38.5. The van der Waals surface area contributed by atoms with Gasteiger partial charge in [0.25, 0.3) is 0 Å². The van der Waals surface area contributed by atoms with Gasteiger partial charge in [-0.3, -0.25) is 0 Å². The minimum absolute atomic E-state index is 0.299. The molecule has 2 heterocycles. The first-order valence-electron chi connectivity index (χ1n) is 36.8. The molecule has 0 aliphatic heterocycles. The third kappa shape index (κ3) is 10.8. The van der Waals surface area contributed by atoms with E-state index in [0.29, 0.717) is 11.5 Å². The number of hydrogen-bond acceptors (Lipinski definition) is 6. The zero-order valence-corrected chi connectivity index (χ0v) is 61.1. The van der Waals surface area contributed by atoms with Gasteiger partial charge in [0.05, 0.1) is 31.6 Å². The van der Waals surface area contributed by atoms with Gasteiger partial charge in [-0.25, -0.2) is 8.78 Å². The predicted octanol–water partition coefficient (Wildman–Crippen LogP) is 28.9. The van der Waals surface area contributed by atoms with Crippen LogP contribution in [0, 0.1) is 11.6 Å². The molecule has 0 saturated carbocycles. The van der Waals surface area contributed by atoms with Crippen molar-refractivity contribution in [2.24, 2.45) is 0 Å². The number of thiophene rings is 2. The van der Waals surface area contributed by atoms with Crippen LogP contribution in [-0.4, -0.2) is 0 Å². The molecule has 2 aliphatic carbocycles. The number of nitrogens with zero attached hydrogens (tertiary/aromatic N) is 2. The van der Waals surface area contributed by atoms with Gasteiger partial charge < -0.3 is 19.3 Å². The molecule has 0 saturated heterocycles. The molecule has 0 fully saturated rings. The van der Waals surface area contributed by atoms with Gasteiger partial charge >= 0.3 is 0 Å². The van der Waals surface area contributed by atoms with E-state index in [9.17, 15) is 0 Å². The van der Waals surface area contributed by atoms with Gasteiger partial charge in [-0.1, -0.05) is 244 Å². The molecule has 0 bridgehead atoms. The van der Waals surface area contributed by atoms with Crippen LogP contribution in [0.3, 0.4) is 0 Å². The number of ether oxygens (including phenoxy) is 2. The Morgan fingerprint density at radius 1 is 0.282 bits per heavy atom. The van der Waals surface area contributed by atoms with Crippen LogP contribution < -0.4 is 19.3 Å². The Hall–Kier alpha value is -13.5. The molecule has 0 N–H and O–H groups in total. The van der Waals surface area contributed by atoms with Gasteiger partial charge in [-0.05, 0) is 235 Å². The summed E-state index contributed by atoms with van der Waals surface area (Å²) >= 11 is 3.62.